The molecule has 1 heterocycles. The van der Waals surface area contributed by atoms with Crippen molar-refractivity contribution >= 4 is 29.1 Å². The first-order chi connectivity index (χ1) is 16.6. The summed E-state index contributed by atoms with van der Waals surface area (Å²) in [5.41, 5.74) is 6.53. The minimum atomic E-state index is -0.108. The average Bonchev–Trinajstić information content (AvgIpc) is 3.02. The van der Waals surface area contributed by atoms with Crippen LogP contribution in [0.25, 0.3) is 0 Å². The molecule has 4 aromatic rings. The summed E-state index contributed by atoms with van der Waals surface area (Å²) in [4.78, 5) is 20.0. The van der Waals surface area contributed by atoms with Crippen LogP contribution in [-0.2, 0) is 6.42 Å². The molecule has 0 saturated carbocycles. The van der Waals surface area contributed by atoms with E-state index in [1.807, 2.05) is 42.5 Å². The van der Waals surface area contributed by atoms with E-state index >= 15 is 0 Å². The fourth-order valence-electron chi connectivity index (χ4n) is 3.90. The van der Waals surface area contributed by atoms with Gasteiger partial charge in [-0.05, 0) is 67.4 Å². The summed E-state index contributed by atoms with van der Waals surface area (Å²) in [5, 5.41) is 12.8. The number of aliphatic imine (C=N–C) groups is 1. The lowest BCUT2D eigenvalue weighted by atomic mass is 10.0. The molecule has 5 heteroatoms. The Morgan fingerprint density at radius 2 is 1.68 bits per heavy atom. The predicted octanol–water partition coefficient (Wildman–Crippen LogP) is 6.31. The van der Waals surface area contributed by atoms with E-state index in [9.17, 15) is 9.90 Å². The van der Waals surface area contributed by atoms with Crippen LogP contribution in [0.15, 0.2) is 106 Å². The number of hydrogen-bond donors (Lipinski definition) is 2. The number of phenolic OH excluding ortho intramolecular Hbond substituents is 1. The molecule has 2 N–H and O–H groups in total. The number of nitrogens with zero attached hydrogens (tertiary/aromatic N) is 1. The Hall–Kier alpha value is -3.83. The third kappa shape index (κ3) is 4.75. The molecule has 5 rings (SSSR count). The Kier molecular flexibility index (Phi) is 6.19. The molecule has 0 saturated heterocycles. The molecule has 0 aliphatic carbocycles. The van der Waals surface area contributed by atoms with Crippen LogP contribution >= 0.6 is 11.8 Å². The van der Waals surface area contributed by atoms with Crippen LogP contribution in [0.2, 0.25) is 0 Å². The van der Waals surface area contributed by atoms with Crippen LogP contribution in [0, 0.1) is 6.92 Å². The van der Waals surface area contributed by atoms with Crippen molar-refractivity contribution in [2.24, 2.45) is 4.99 Å². The highest BCUT2D eigenvalue weighted by Crippen LogP contribution is 2.41. The zero-order valence-corrected chi connectivity index (χ0v) is 19.6. The van der Waals surface area contributed by atoms with Gasteiger partial charge in [0, 0.05) is 33.0 Å². The van der Waals surface area contributed by atoms with E-state index in [2.05, 4.69) is 48.6 Å². The number of aromatic hydroxyl groups is 1. The first-order valence-electron chi connectivity index (χ1n) is 11.2. The van der Waals surface area contributed by atoms with E-state index in [4.69, 9.17) is 4.99 Å². The molecule has 0 bridgehead atoms. The van der Waals surface area contributed by atoms with Crippen LogP contribution in [0.1, 0.15) is 32.6 Å². The van der Waals surface area contributed by atoms with Crippen LogP contribution < -0.4 is 5.32 Å². The Balaban J connectivity index is 1.42. The van der Waals surface area contributed by atoms with Crippen LogP contribution in [-0.4, -0.2) is 23.3 Å². The molecule has 0 unspecified atom stereocenters. The topological polar surface area (TPSA) is 61.7 Å². The Morgan fingerprint density at radius 1 is 0.912 bits per heavy atom. The summed E-state index contributed by atoms with van der Waals surface area (Å²) in [7, 11) is 0. The van der Waals surface area contributed by atoms with Crippen molar-refractivity contribution in [1.82, 2.24) is 5.32 Å². The first-order valence-corrected chi connectivity index (χ1v) is 12.0. The van der Waals surface area contributed by atoms with Crippen molar-refractivity contribution < 1.29 is 9.90 Å². The second-order valence-electron chi connectivity index (χ2n) is 8.28. The van der Waals surface area contributed by atoms with E-state index in [0.29, 0.717) is 12.1 Å². The fraction of sp³-hybridized carbons (Fsp3) is 0.103. The number of aryl methyl sites for hydroxylation is 1. The second kappa shape index (κ2) is 9.57. The smallest absolute Gasteiger partial charge is 0.251 e. The molecule has 4 aromatic carbocycles. The fourth-order valence-corrected chi connectivity index (χ4v) is 4.90. The number of carbonyl (C=O) groups excluding carboxylic acids is 1. The van der Waals surface area contributed by atoms with Gasteiger partial charge in [-0.3, -0.25) is 4.79 Å². The summed E-state index contributed by atoms with van der Waals surface area (Å²) in [6.07, 6.45) is 0.783. The van der Waals surface area contributed by atoms with E-state index in [-0.39, 0.29) is 11.7 Å². The van der Waals surface area contributed by atoms with E-state index in [1.54, 1.807) is 23.9 Å². The van der Waals surface area contributed by atoms with Gasteiger partial charge in [-0.1, -0.05) is 59.8 Å². The Labute approximate surface area is 203 Å². The minimum Gasteiger partial charge on any atom is -0.508 e. The van der Waals surface area contributed by atoms with Gasteiger partial charge in [0.15, 0.2) is 0 Å². The number of hydrogen-bond acceptors (Lipinski definition) is 4. The number of amides is 1. The maximum Gasteiger partial charge on any atom is 0.251 e. The maximum absolute atomic E-state index is 12.9. The zero-order chi connectivity index (χ0) is 23.5. The zero-order valence-electron chi connectivity index (χ0n) is 18.8. The van der Waals surface area contributed by atoms with Gasteiger partial charge in [0.25, 0.3) is 5.91 Å². The van der Waals surface area contributed by atoms with Crippen molar-refractivity contribution in [2.75, 3.05) is 6.54 Å². The molecule has 0 aromatic heterocycles. The summed E-state index contributed by atoms with van der Waals surface area (Å²) >= 11 is 1.65. The number of rotatable bonds is 5. The van der Waals surface area contributed by atoms with Crippen molar-refractivity contribution in [1.29, 1.82) is 0 Å². The Bertz CT molecular complexity index is 1380. The number of carbonyl (C=O) groups is 1. The van der Waals surface area contributed by atoms with Gasteiger partial charge in [0.2, 0.25) is 0 Å². The summed E-state index contributed by atoms with van der Waals surface area (Å²) in [6.45, 7) is 2.64. The molecule has 1 aliphatic rings. The molecule has 0 atom stereocenters. The van der Waals surface area contributed by atoms with Crippen LogP contribution in [0.5, 0.6) is 5.75 Å². The van der Waals surface area contributed by atoms with Gasteiger partial charge in [-0.15, -0.1) is 0 Å². The van der Waals surface area contributed by atoms with Gasteiger partial charge >= 0.3 is 0 Å². The van der Waals surface area contributed by atoms with E-state index < -0.39 is 0 Å². The minimum absolute atomic E-state index is 0.108. The Morgan fingerprint density at radius 3 is 2.47 bits per heavy atom. The van der Waals surface area contributed by atoms with Crippen molar-refractivity contribution in [3.63, 3.8) is 0 Å². The quantitative estimate of drug-likeness (QED) is 0.321. The highest BCUT2D eigenvalue weighted by Gasteiger charge is 2.20. The molecule has 0 fully saturated rings. The second-order valence-corrected chi connectivity index (χ2v) is 9.36. The molecule has 0 spiro atoms. The van der Waals surface area contributed by atoms with Gasteiger partial charge in [-0.2, -0.15) is 0 Å². The van der Waals surface area contributed by atoms with Crippen molar-refractivity contribution in [3.05, 3.63) is 119 Å². The van der Waals surface area contributed by atoms with E-state index in [0.717, 1.165) is 38.7 Å². The molecule has 4 nitrogen and oxygen atoms in total. The number of phenols is 1. The number of nitrogens with one attached hydrogen (secondary N) is 1. The summed E-state index contributed by atoms with van der Waals surface area (Å²) < 4.78 is 0. The molecular weight excluding hydrogens is 440 g/mol. The number of benzene rings is 4. The third-order valence-corrected chi connectivity index (χ3v) is 6.92. The van der Waals surface area contributed by atoms with Gasteiger partial charge < -0.3 is 10.4 Å². The summed E-state index contributed by atoms with van der Waals surface area (Å²) in [6, 6.07) is 29.2. The predicted molar refractivity (Wildman–Crippen MR) is 138 cm³/mol. The van der Waals surface area contributed by atoms with Crippen LogP contribution in [0.3, 0.4) is 0 Å². The molecule has 1 amide bonds. The largest absolute Gasteiger partial charge is 0.508 e. The normalized spacial score (nSPS) is 12.2. The maximum atomic E-state index is 12.9. The van der Waals surface area contributed by atoms with Gasteiger partial charge in [0.1, 0.15) is 5.75 Å². The van der Waals surface area contributed by atoms with Gasteiger partial charge in [-0.25, -0.2) is 4.99 Å². The highest BCUT2D eigenvalue weighted by molar-refractivity contribution is 7.99. The lowest BCUT2D eigenvalue weighted by molar-refractivity contribution is 0.0954. The average molecular weight is 465 g/mol. The van der Waals surface area contributed by atoms with Crippen molar-refractivity contribution in [2.45, 2.75) is 23.1 Å². The van der Waals surface area contributed by atoms with E-state index in [1.165, 1.54) is 11.1 Å². The standard InChI is InChI=1S/C29H24N2O2S/c1-19-6-8-20(9-7-19)16-17-30-29(33)22-12-15-27-25(18-22)31-28(21-10-13-23(32)14-11-21)24-4-2-3-5-26(24)34-27/h2-15,18,32H,16-17H2,1H3,(H,30,33). The van der Waals surface area contributed by atoms with Gasteiger partial charge in [0.05, 0.1) is 11.4 Å². The molecular formula is C29H24N2O2S. The third-order valence-electron chi connectivity index (χ3n) is 5.78. The molecule has 1 aliphatic heterocycles. The SMILES string of the molecule is Cc1ccc(CCNC(=O)c2ccc3c(c2)N=C(c2ccc(O)cc2)c2ccccc2S3)cc1. The summed E-state index contributed by atoms with van der Waals surface area (Å²) in [5.74, 6) is 0.105. The van der Waals surface area contributed by atoms with Crippen molar-refractivity contribution in [3.8, 4) is 5.75 Å². The first kappa shape index (κ1) is 22.0. The highest BCUT2D eigenvalue weighted by atomic mass is 32.2. The monoisotopic (exact) mass is 464 g/mol. The lowest BCUT2D eigenvalue weighted by Gasteiger charge is -2.09. The molecule has 168 valence electrons. The lowest BCUT2D eigenvalue weighted by Crippen LogP contribution is -2.25. The molecule has 0 radical (unpaired) electrons. The van der Waals surface area contributed by atoms with Crippen LogP contribution in [0.4, 0.5) is 5.69 Å². The number of fused-ring (bicyclic) bond motifs is 2. The molecule has 34 heavy (non-hydrogen) atoms.